The van der Waals surface area contributed by atoms with Crippen LogP contribution in [0.1, 0.15) is 6.92 Å². The number of ether oxygens (including phenoxy) is 1. The maximum absolute atomic E-state index is 10.9. The summed E-state index contributed by atoms with van der Waals surface area (Å²) in [5, 5.41) is 0.141. The lowest BCUT2D eigenvalue weighted by atomic mass is 10.2. The summed E-state index contributed by atoms with van der Waals surface area (Å²) in [7, 11) is 1.24. The maximum Gasteiger partial charge on any atom is 0.341 e. The van der Waals surface area contributed by atoms with Crippen LogP contribution in [0.15, 0.2) is 11.6 Å². The van der Waals surface area contributed by atoms with E-state index in [1.165, 1.54) is 13.2 Å². The van der Waals surface area contributed by atoms with Gasteiger partial charge in [-0.1, -0.05) is 22.0 Å². The third-order valence-electron chi connectivity index (χ3n) is 1.12. The van der Waals surface area contributed by atoms with E-state index in [1.807, 2.05) is 0 Å². The van der Waals surface area contributed by atoms with Crippen LogP contribution in [-0.2, 0) is 14.3 Å². The minimum atomic E-state index is -0.586. The number of alkyl halides is 1. The molecule has 0 aromatic heterocycles. The van der Waals surface area contributed by atoms with Crippen molar-refractivity contribution in [3.63, 3.8) is 0 Å². The van der Waals surface area contributed by atoms with Crippen LogP contribution in [0.3, 0.4) is 0 Å². The molecule has 0 radical (unpaired) electrons. The summed E-state index contributed by atoms with van der Waals surface area (Å²) in [4.78, 5) is 21.7. The van der Waals surface area contributed by atoms with E-state index >= 15 is 0 Å². The van der Waals surface area contributed by atoms with Crippen LogP contribution >= 0.6 is 15.9 Å². The van der Waals surface area contributed by atoms with E-state index in [-0.39, 0.29) is 16.7 Å². The van der Waals surface area contributed by atoms with Gasteiger partial charge in [0, 0.05) is 0 Å². The number of hydrogen-bond acceptors (Lipinski definition) is 3. The van der Waals surface area contributed by atoms with Gasteiger partial charge in [0.05, 0.1) is 18.0 Å². The largest absolute Gasteiger partial charge is 0.465 e. The molecule has 62 valence electrons. The first-order valence-corrected chi connectivity index (χ1v) is 4.13. The molecule has 0 aromatic carbocycles. The molecule has 0 aliphatic carbocycles. The van der Waals surface area contributed by atoms with Crippen molar-refractivity contribution in [3.05, 3.63) is 11.6 Å². The zero-order valence-corrected chi connectivity index (χ0v) is 7.97. The fourth-order valence-electron chi connectivity index (χ4n) is 0.575. The van der Waals surface area contributed by atoms with Gasteiger partial charge in [0.2, 0.25) is 0 Å². The average Bonchev–Trinajstić information content (AvgIpc) is 2.05. The van der Waals surface area contributed by atoms with Crippen LogP contribution in [0.2, 0.25) is 0 Å². The molecule has 0 rings (SSSR count). The monoisotopic (exact) mass is 220 g/mol. The highest BCUT2D eigenvalue weighted by atomic mass is 79.9. The average molecular weight is 221 g/mol. The second kappa shape index (κ2) is 5.07. The van der Waals surface area contributed by atoms with Crippen LogP contribution < -0.4 is 0 Å². The Balaban J connectivity index is 4.43. The van der Waals surface area contributed by atoms with E-state index in [9.17, 15) is 9.59 Å². The summed E-state index contributed by atoms with van der Waals surface area (Å²) < 4.78 is 4.38. The van der Waals surface area contributed by atoms with Crippen LogP contribution in [-0.4, -0.2) is 24.2 Å². The third-order valence-corrected chi connectivity index (χ3v) is 1.63. The molecule has 4 heteroatoms. The number of ketones is 1. The lowest BCUT2D eigenvalue weighted by Gasteiger charge is -1.99. The van der Waals surface area contributed by atoms with E-state index in [4.69, 9.17) is 0 Å². The van der Waals surface area contributed by atoms with E-state index in [1.54, 1.807) is 6.92 Å². The van der Waals surface area contributed by atoms with Crippen molar-refractivity contribution >= 4 is 27.7 Å². The first-order chi connectivity index (χ1) is 5.17. The molecule has 0 atom stereocenters. The SMILES string of the molecule is CC=C(C(=O)CBr)C(=O)OC. The number of carbonyl (C=O) groups excluding carboxylic acids is 2. The van der Waals surface area contributed by atoms with Crippen molar-refractivity contribution in [3.8, 4) is 0 Å². The molecule has 0 fully saturated rings. The number of rotatable bonds is 3. The molecule has 0 saturated carbocycles. The van der Waals surface area contributed by atoms with Gasteiger partial charge in [-0.15, -0.1) is 0 Å². The second-order valence-electron chi connectivity index (χ2n) is 1.75. The number of hydrogen-bond donors (Lipinski definition) is 0. The summed E-state index contributed by atoms with van der Waals surface area (Å²) in [6.45, 7) is 1.62. The highest BCUT2D eigenvalue weighted by molar-refractivity contribution is 9.09. The Morgan fingerprint density at radius 3 is 2.36 bits per heavy atom. The van der Waals surface area contributed by atoms with Crippen molar-refractivity contribution in [2.24, 2.45) is 0 Å². The summed E-state index contributed by atoms with van der Waals surface area (Å²) >= 11 is 2.96. The molecule has 0 saturated heterocycles. The Morgan fingerprint density at radius 2 is 2.09 bits per heavy atom. The topological polar surface area (TPSA) is 43.4 Å². The first kappa shape index (κ1) is 10.4. The molecule has 3 nitrogen and oxygen atoms in total. The van der Waals surface area contributed by atoms with E-state index in [0.29, 0.717) is 0 Å². The van der Waals surface area contributed by atoms with E-state index in [0.717, 1.165) is 0 Å². The van der Waals surface area contributed by atoms with Crippen LogP contribution in [0.5, 0.6) is 0 Å². The summed E-state index contributed by atoms with van der Waals surface area (Å²) in [6.07, 6.45) is 1.44. The smallest absolute Gasteiger partial charge is 0.341 e. The Kier molecular flexibility index (Phi) is 4.77. The normalized spacial score (nSPS) is 11.0. The molecule has 0 bridgehead atoms. The number of carbonyl (C=O) groups is 2. The van der Waals surface area contributed by atoms with Crippen molar-refractivity contribution in [2.45, 2.75) is 6.92 Å². The van der Waals surface area contributed by atoms with Crippen molar-refractivity contribution in [2.75, 3.05) is 12.4 Å². The number of esters is 1. The lowest BCUT2D eigenvalue weighted by molar-refractivity contribution is -0.137. The molecule has 0 heterocycles. The number of methoxy groups -OCH3 is 1. The van der Waals surface area contributed by atoms with Crippen molar-refractivity contribution in [1.82, 2.24) is 0 Å². The molecular weight excluding hydrogens is 212 g/mol. The van der Waals surface area contributed by atoms with Gasteiger partial charge in [0.1, 0.15) is 0 Å². The predicted molar refractivity (Wildman–Crippen MR) is 44.6 cm³/mol. The quantitative estimate of drug-likeness (QED) is 0.235. The highest BCUT2D eigenvalue weighted by Gasteiger charge is 2.15. The fraction of sp³-hybridized carbons (Fsp3) is 0.429. The minimum absolute atomic E-state index is 0.0874. The van der Waals surface area contributed by atoms with Crippen molar-refractivity contribution < 1.29 is 14.3 Å². The predicted octanol–water partition coefficient (Wildman–Crippen LogP) is 1.07. The molecule has 0 aliphatic rings. The summed E-state index contributed by atoms with van der Waals surface area (Å²) in [5.41, 5.74) is 0.0874. The maximum atomic E-state index is 10.9. The van der Waals surface area contributed by atoms with E-state index in [2.05, 4.69) is 20.7 Å². The molecule has 0 N–H and O–H groups in total. The second-order valence-corrected chi connectivity index (χ2v) is 2.31. The first-order valence-electron chi connectivity index (χ1n) is 3.01. The zero-order chi connectivity index (χ0) is 8.85. The molecule has 0 amide bonds. The van der Waals surface area contributed by atoms with Gasteiger partial charge < -0.3 is 4.74 Å². The van der Waals surface area contributed by atoms with Gasteiger partial charge in [-0.2, -0.15) is 0 Å². The Hall–Kier alpha value is -0.640. The molecular formula is C7H9BrO3. The Bertz CT molecular complexity index is 178. The Morgan fingerprint density at radius 1 is 1.55 bits per heavy atom. The van der Waals surface area contributed by atoms with Gasteiger partial charge >= 0.3 is 5.97 Å². The summed E-state index contributed by atoms with van der Waals surface area (Å²) in [5.74, 6) is -0.851. The van der Waals surface area contributed by atoms with Crippen molar-refractivity contribution in [1.29, 1.82) is 0 Å². The number of allylic oxidation sites excluding steroid dienone is 1. The van der Waals surface area contributed by atoms with Crippen LogP contribution in [0, 0.1) is 0 Å². The van der Waals surface area contributed by atoms with Gasteiger partial charge in [-0.05, 0) is 6.92 Å². The summed E-state index contributed by atoms with van der Waals surface area (Å²) in [6, 6.07) is 0. The zero-order valence-electron chi connectivity index (χ0n) is 6.39. The van der Waals surface area contributed by atoms with E-state index < -0.39 is 5.97 Å². The fourth-order valence-corrected chi connectivity index (χ4v) is 0.877. The molecule has 0 aromatic rings. The van der Waals surface area contributed by atoms with Gasteiger partial charge in [-0.3, -0.25) is 4.79 Å². The Labute approximate surface area is 73.5 Å². The van der Waals surface area contributed by atoms with Gasteiger partial charge in [0.25, 0.3) is 0 Å². The molecule has 11 heavy (non-hydrogen) atoms. The highest BCUT2D eigenvalue weighted by Crippen LogP contribution is 2.01. The molecule has 0 spiro atoms. The molecule has 0 unspecified atom stereocenters. The van der Waals surface area contributed by atoms with Crippen LogP contribution in [0.4, 0.5) is 0 Å². The lowest BCUT2D eigenvalue weighted by Crippen LogP contribution is -2.14. The van der Waals surface area contributed by atoms with Crippen LogP contribution in [0.25, 0.3) is 0 Å². The third kappa shape index (κ3) is 2.84. The van der Waals surface area contributed by atoms with Gasteiger partial charge in [0.15, 0.2) is 5.78 Å². The number of halogens is 1. The minimum Gasteiger partial charge on any atom is -0.465 e. The number of Topliss-reactive ketones (excluding diaryl/α,β-unsaturated/α-hetero) is 1. The van der Waals surface area contributed by atoms with Gasteiger partial charge in [-0.25, -0.2) is 4.79 Å². The molecule has 0 aliphatic heterocycles. The standard InChI is InChI=1S/C7H9BrO3/c1-3-5(6(9)4-8)7(10)11-2/h3H,4H2,1-2H3.